The third kappa shape index (κ3) is 4.56. The summed E-state index contributed by atoms with van der Waals surface area (Å²) in [6.45, 7) is -0.518. The number of hydrogen-bond donors (Lipinski definition) is 4. The van der Waals surface area contributed by atoms with Crippen LogP contribution >= 0.6 is 23.4 Å². The molecule has 0 unspecified atom stereocenters. The molecular weight excluding hydrogens is 508 g/mol. The van der Waals surface area contributed by atoms with Crippen LogP contribution in [-0.2, 0) is 14.3 Å². The van der Waals surface area contributed by atoms with Crippen LogP contribution in [0.25, 0.3) is 11.0 Å². The van der Waals surface area contributed by atoms with Gasteiger partial charge in [0.2, 0.25) is 5.28 Å². The quantitative estimate of drug-likeness (QED) is 0.130. The zero-order chi connectivity index (χ0) is 25.4. The van der Waals surface area contributed by atoms with Crippen LogP contribution in [0.1, 0.15) is 38.3 Å². The minimum absolute atomic E-state index is 0.00982. The van der Waals surface area contributed by atoms with Crippen molar-refractivity contribution in [2.24, 2.45) is 0 Å². The van der Waals surface area contributed by atoms with Crippen molar-refractivity contribution in [2.45, 2.75) is 67.4 Å². The van der Waals surface area contributed by atoms with Crippen molar-refractivity contribution >= 4 is 52.2 Å². The topological polar surface area (TPSA) is 154 Å². The molecule has 2 aromatic rings. The molecule has 36 heavy (non-hydrogen) atoms. The highest BCUT2D eigenvalue weighted by Gasteiger charge is 2.51. The molecular formula is C23H27ClN6O5S. The summed E-state index contributed by atoms with van der Waals surface area (Å²) in [6.07, 6.45) is 8.75. The van der Waals surface area contributed by atoms with Crippen molar-refractivity contribution in [1.82, 2.24) is 25.2 Å². The lowest BCUT2D eigenvalue weighted by Gasteiger charge is -2.26. The Morgan fingerprint density at radius 3 is 3.06 bits per heavy atom. The fraction of sp³-hybridized carbons (Fsp3) is 0.565. The Balaban J connectivity index is 1.18. The fourth-order valence-electron chi connectivity index (χ4n) is 5.10. The molecule has 11 nitrogen and oxygen atoms in total. The molecule has 13 heteroatoms. The maximum atomic E-state index is 12.7. The summed E-state index contributed by atoms with van der Waals surface area (Å²) in [7, 11) is 0. The van der Waals surface area contributed by atoms with Gasteiger partial charge in [0, 0.05) is 30.0 Å². The second-order valence-corrected chi connectivity index (χ2v) is 10.8. The van der Waals surface area contributed by atoms with Gasteiger partial charge in [0.1, 0.15) is 23.8 Å². The number of aromatic nitrogens is 3. The average molecular weight is 535 g/mol. The highest BCUT2D eigenvalue weighted by Crippen LogP contribution is 2.40. The number of nitrogen functional groups attached to an aromatic ring is 1. The molecule has 0 aliphatic carbocycles. The van der Waals surface area contributed by atoms with Crippen LogP contribution < -0.4 is 16.4 Å². The number of thioether (sulfide) groups is 1. The first-order chi connectivity index (χ1) is 17.3. The van der Waals surface area contributed by atoms with Crippen molar-refractivity contribution < 1.29 is 24.2 Å². The first-order valence-corrected chi connectivity index (χ1v) is 13.2. The van der Waals surface area contributed by atoms with Gasteiger partial charge in [-0.25, -0.2) is 9.78 Å². The van der Waals surface area contributed by atoms with Crippen LogP contribution in [0.2, 0.25) is 5.28 Å². The molecule has 3 saturated heterocycles. The molecule has 3 fully saturated rings. The standard InChI is InChI=1S/C23H27ClN6O5S/c1-2-23(11-31)15(9-16(35-23)30-8-7-12-19(25)28-21(24)29-20(12)30)34-17(32)6-4-3-5-14-18-13(10-36-14)26-22(33)27-18/h1,7-8,13-16,18,31H,3-6,9-11H2,(H2,25,28,29)(H2,26,27,33)/t13-,14-,15-,16+,18-,23+/m0/s1. The molecule has 3 aliphatic heterocycles. The molecule has 0 saturated carbocycles. The molecule has 2 amide bonds. The van der Waals surface area contributed by atoms with Gasteiger partial charge in [-0.05, 0) is 30.5 Å². The van der Waals surface area contributed by atoms with Gasteiger partial charge >= 0.3 is 12.0 Å². The number of esters is 1. The molecule has 5 heterocycles. The second kappa shape index (κ2) is 9.97. The van der Waals surface area contributed by atoms with E-state index in [4.69, 9.17) is 33.2 Å². The van der Waals surface area contributed by atoms with Crippen LogP contribution in [0.3, 0.4) is 0 Å². The van der Waals surface area contributed by atoms with E-state index < -0.39 is 30.5 Å². The predicted octanol–water partition coefficient (Wildman–Crippen LogP) is 1.59. The number of halogens is 1. The van der Waals surface area contributed by atoms with E-state index in [1.807, 2.05) is 11.8 Å². The van der Waals surface area contributed by atoms with Gasteiger partial charge in [0.25, 0.3) is 0 Å². The van der Waals surface area contributed by atoms with Crippen LogP contribution in [0, 0.1) is 12.3 Å². The second-order valence-electron chi connectivity index (χ2n) is 9.18. The number of nitrogens with zero attached hydrogens (tertiary/aromatic N) is 3. The number of unbranched alkanes of at least 4 members (excludes halogenated alkanes) is 1. The number of aliphatic hydroxyl groups excluding tert-OH is 1. The molecule has 3 aliphatic rings. The lowest BCUT2D eigenvalue weighted by atomic mass is 9.98. The van der Waals surface area contributed by atoms with Gasteiger partial charge in [-0.2, -0.15) is 16.7 Å². The first-order valence-electron chi connectivity index (χ1n) is 11.8. The normalized spacial score (nSPS) is 31.1. The maximum absolute atomic E-state index is 12.7. The van der Waals surface area contributed by atoms with E-state index in [0.717, 1.165) is 18.6 Å². The predicted molar refractivity (Wildman–Crippen MR) is 134 cm³/mol. The van der Waals surface area contributed by atoms with Crippen molar-refractivity contribution in [2.75, 3.05) is 18.1 Å². The van der Waals surface area contributed by atoms with Gasteiger partial charge in [-0.3, -0.25) is 4.79 Å². The number of anilines is 1. The molecule has 0 radical (unpaired) electrons. The largest absolute Gasteiger partial charge is 0.458 e. The summed E-state index contributed by atoms with van der Waals surface area (Å²) in [6, 6.07) is 1.95. The Morgan fingerprint density at radius 2 is 2.28 bits per heavy atom. The van der Waals surface area contributed by atoms with Crippen LogP contribution in [0.5, 0.6) is 0 Å². The zero-order valence-corrected chi connectivity index (χ0v) is 20.9. The number of terminal acetylenes is 1. The summed E-state index contributed by atoms with van der Waals surface area (Å²) in [5, 5.41) is 16.9. The van der Waals surface area contributed by atoms with Gasteiger partial charge in [0.05, 0.1) is 24.1 Å². The summed E-state index contributed by atoms with van der Waals surface area (Å²) >= 11 is 7.82. The minimum Gasteiger partial charge on any atom is -0.458 e. The molecule has 0 aromatic carbocycles. The number of amides is 2. The molecule has 0 bridgehead atoms. The number of fused-ring (bicyclic) bond motifs is 2. The Morgan fingerprint density at radius 1 is 1.44 bits per heavy atom. The SMILES string of the molecule is C#C[C@]1(CO)O[C@@H](n2ccc3c(N)nc(Cl)nc32)C[C@@H]1OC(=O)CCCC[C@@H]1SC[C@@H]2NC(=O)N[C@@H]21. The highest BCUT2D eigenvalue weighted by atomic mass is 35.5. The summed E-state index contributed by atoms with van der Waals surface area (Å²) in [5.74, 6) is 3.21. The van der Waals surface area contributed by atoms with E-state index in [0.29, 0.717) is 22.7 Å². The third-order valence-corrected chi connectivity index (χ3v) is 8.65. The van der Waals surface area contributed by atoms with Crippen LogP contribution in [-0.4, -0.2) is 73.0 Å². The number of nitrogens with two attached hydrogens (primary N) is 1. The van der Waals surface area contributed by atoms with Gasteiger partial charge < -0.3 is 35.5 Å². The number of ether oxygens (including phenoxy) is 2. The molecule has 5 N–H and O–H groups in total. The van der Waals surface area contributed by atoms with Crippen molar-refractivity contribution in [3.63, 3.8) is 0 Å². The number of carbonyl (C=O) groups is 2. The molecule has 6 atom stereocenters. The lowest BCUT2D eigenvalue weighted by Crippen LogP contribution is -2.44. The molecule has 0 spiro atoms. The number of hydrogen-bond acceptors (Lipinski definition) is 9. The summed E-state index contributed by atoms with van der Waals surface area (Å²) in [4.78, 5) is 32.4. The highest BCUT2D eigenvalue weighted by molar-refractivity contribution is 8.00. The van der Waals surface area contributed by atoms with Crippen molar-refractivity contribution in [1.29, 1.82) is 0 Å². The number of aliphatic hydroxyl groups is 1. The maximum Gasteiger partial charge on any atom is 0.315 e. The molecule has 5 rings (SSSR count). The monoisotopic (exact) mass is 534 g/mol. The van der Waals surface area contributed by atoms with Gasteiger partial charge in [-0.15, -0.1) is 6.42 Å². The van der Waals surface area contributed by atoms with Crippen molar-refractivity contribution in [3.8, 4) is 12.3 Å². The third-order valence-electron chi connectivity index (χ3n) is 6.98. The number of nitrogens with one attached hydrogen (secondary N) is 2. The summed E-state index contributed by atoms with van der Waals surface area (Å²) in [5.41, 5.74) is 4.91. The Labute approximate surface area is 216 Å². The fourth-order valence-corrected chi connectivity index (χ4v) is 6.82. The van der Waals surface area contributed by atoms with E-state index >= 15 is 0 Å². The molecule has 192 valence electrons. The number of urea groups is 1. The zero-order valence-electron chi connectivity index (χ0n) is 19.4. The smallest absolute Gasteiger partial charge is 0.315 e. The first kappa shape index (κ1) is 25.0. The van der Waals surface area contributed by atoms with Crippen molar-refractivity contribution in [3.05, 3.63) is 17.5 Å². The van der Waals surface area contributed by atoms with E-state index in [1.165, 1.54) is 0 Å². The van der Waals surface area contributed by atoms with Gasteiger partial charge in [-0.1, -0.05) is 12.3 Å². The minimum atomic E-state index is -1.48. The Kier molecular flexibility index (Phi) is 6.91. The number of rotatable bonds is 8. The number of carbonyl (C=O) groups excluding carboxylic acids is 2. The Hall–Kier alpha value is -2.72. The molecule has 2 aromatic heterocycles. The Bertz CT molecular complexity index is 1220. The average Bonchev–Trinajstić information content (AvgIpc) is 3.59. The summed E-state index contributed by atoms with van der Waals surface area (Å²) < 4.78 is 13.5. The van der Waals surface area contributed by atoms with E-state index in [-0.39, 0.29) is 42.1 Å². The lowest BCUT2D eigenvalue weighted by molar-refractivity contribution is -0.158. The van der Waals surface area contributed by atoms with Crippen LogP contribution in [0.15, 0.2) is 12.3 Å². The van der Waals surface area contributed by atoms with E-state index in [2.05, 4.69) is 26.5 Å². The van der Waals surface area contributed by atoms with Gasteiger partial charge in [0.15, 0.2) is 5.60 Å². The van der Waals surface area contributed by atoms with Crippen LogP contribution in [0.4, 0.5) is 10.6 Å². The van der Waals surface area contributed by atoms with E-state index in [9.17, 15) is 14.7 Å². The van der Waals surface area contributed by atoms with E-state index in [1.54, 1.807) is 16.8 Å².